The second-order valence-electron chi connectivity index (χ2n) is 6.99. The van der Waals surface area contributed by atoms with E-state index in [4.69, 9.17) is 0 Å². The van der Waals surface area contributed by atoms with Gasteiger partial charge < -0.3 is 9.88 Å². The largest absolute Gasteiger partial charge is 0.328 e. The van der Waals surface area contributed by atoms with Crippen LogP contribution in [0.3, 0.4) is 0 Å². The zero-order valence-electron chi connectivity index (χ0n) is 17.5. The van der Waals surface area contributed by atoms with Crippen LogP contribution in [0.5, 0.6) is 0 Å². The van der Waals surface area contributed by atoms with E-state index in [1.807, 2.05) is 42.0 Å². The molecule has 1 N–H and O–H groups in total. The van der Waals surface area contributed by atoms with Crippen LogP contribution in [-0.2, 0) is 27.8 Å². The smallest absolute Gasteiger partial charge is 0.242 e. The van der Waals surface area contributed by atoms with Crippen molar-refractivity contribution in [2.45, 2.75) is 36.1 Å². The number of anilines is 1. The predicted molar refractivity (Wildman–Crippen MR) is 121 cm³/mol. The van der Waals surface area contributed by atoms with Crippen LogP contribution in [0.15, 0.2) is 52.3 Å². The maximum Gasteiger partial charge on any atom is 0.242 e. The Hall–Kier alpha value is -2.36. The number of fused-ring (bicyclic) bond motifs is 1. The van der Waals surface area contributed by atoms with Gasteiger partial charge in [0.25, 0.3) is 0 Å². The quantitative estimate of drug-likeness (QED) is 0.535. The molecule has 0 bridgehead atoms. The number of aromatic nitrogens is 2. The normalized spacial score (nSPS) is 11.9. The third-order valence-corrected chi connectivity index (χ3v) is 7.36. The number of amides is 1. The molecular weight excluding hydrogens is 420 g/mol. The van der Waals surface area contributed by atoms with E-state index in [-0.39, 0.29) is 17.2 Å². The van der Waals surface area contributed by atoms with E-state index in [1.165, 1.54) is 18.4 Å². The number of thioether (sulfide) groups is 1. The maximum absolute atomic E-state index is 12.4. The van der Waals surface area contributed by atoms with E-state index in [1.54, 1.807) is 30.0 Å². The zero-order valence-corrected chi connectivity index (χ0v) is 19.2. The van der Waals surface area contributed by atoms with Crippen LogP contribution < -0.4 is 5.32 Å². The lowest BCUT2D eigenvalue weighted by molar-refractivity contribution is -0.116. The molecule has 0 aliphatic carbocycles. The van der Waals surface area contributed by atoms with Crippen molar-refractivity contribution in [3.63, 3.8) is 0 Å². The van der Waals surface area contributed by atoms with Crippen molar-refractivity contribution >= 4 is 44.4 Å². The number of hydrogen-bond acceptors (Lipinski definition) is 5. The number of sulfonamides is 1. The maximum atomic E-state index is 12.4. The van der Waals surface area contributed by atoms with Crippen LogP contribution in [0.25, 0.3) is 11.0 Å². The van der Waals surface area contributed by atoms with Gasteiger partial charge in [0.15, 0.2) is 0 Å². The van der Waals surface area contributed by atoms with Crippen LogP contribution in [0.1, 0.15) is 19.2 Å². The molecule has 7 nitrogen and oxygen atoms in total. The van der Waals surface area contributed by atoms with Gasteiger partial charge in [0.1, 0.15) is 5.82 Å². The predicted octanol–water partition coefficient (Wildman–Crippen LogP) is 3.60. The molecule has 2 aromatic carbocycles. The number of carbonyl (C=O) groups is 1. The highest BCUT2D eigenvalue weighted by atomic mass is 32.2. The molecule has 0 unspecified atom stereocenters. The number of hydrogen-bond donors (Lipinski definition) is 1. The fourth-order valence-electron chi connectivity index (χ4n) is 3.22. The van der Waals surface area contributed by atoms with Crippen molar-refractivity contribution < 1.29 is 13.2 Å². The van der Waals surface area contributed by atoms with Gasteiger partial charge in [0.2, 0.25) is 15.9 Å². The fraction of sp³-hybridized carbons (Fsp3) is 0.333. The number of benzene rings is 2. The molecule has 9 heteroatoms. The first kappa shape index (κ1) is 22.3. The Morgan fingerprint density at radius 1 is 1.20 bits per heavy atom. The van der Waals surface area contributed by atoms with Gasteiger partial charge in [-0.05, 0) is 49.6 Å². The molecule has 1 aromatic heterocycles. The Labute approximate surface area is 181 Å². The molecule has 0 saturated carbocycles. The van der Waals surface area contributed by atoms with Gasteiger partial charge >= 0.3 is 0 Å². The van der Waals surface area contributed by atoms with E-state index in [0.29, 0.717) is 18.5 Å². The molecule has 160 valence electrons. The minimum atomic E-state index is -3.53. The topological polar surface area (TPSA) is 84.3 Å². The Morgan fingerprint density at radius 2 is 1.97 bits per heavy atom. The molecule has 3 rings (SSSR count). The summed E-state index contributed by atoms with van der Waals surface area (Å²) >= 11 is 1.62. The van der Waals surface area contributed by atoms with Gasteiger partial charge in [-0.3, -0.25) is 4.79 Å². The Kier molecular flexibility index (Phi) is 6.84. The van der Waals surface area contributed by atoms with E-state index in [2.05, 4.69) is 10.3 Å². The highest BCUT2D eigenvalue weighted by Gasteiger charge is 2.19. The van der Waals surface area contributed by atoms with E-state index >= 15 is 0 Å². The standard InChI is InChI=1S/C21H26N4O3S2/c1-5-25-19-10-9-17(30(27,28)24(2)3)14-18(19)23-20(25)11-12-21(26)22-15-7-6-8-16(13-15)29-4/h6-10,13-14H,5,11-12H2,1-4H3,(H,22,26). The lowest BCUT2D eigenvalue weighted by atomic mass is 10.2. The molecule has 0 aliphatic heterocycles. The SMILES string of the molecule is CCn1c(CCC(=O)Nc2cccc(SC)c2)nc2cc(S(=O)(=O)N(C)C)ccc21. The van der Waals surface area contributed by atoms with Gasteiger partial charge in [-0.2, -0.15) is 0 Å². The Morgan fingerprint density at radius 3 is 2.63 bits per heavy atom. The first-order valence-corrected chi connectivity index (χ1v) is 12.3. The Balaban J connectivity index is 1.79. The van der Waals surface area contributed by atoms with Crippen LogP contribution >= 0.6 is 11.8 Å². The molecular formula is C21H26N4O3S2. The third kappa shape index (κ3) is 4.69. The van der Waals surface area contributed by atoms with Crippen molar-refractivity contribution in [2.24, 2.45) is 0 Å². The van der Waals surface area contributed by atoms with Gasteiger partial charge in [-0.25, -0.2) is 17.7 Å². The molecule has 0 aliphatic rings. The van der Waals surface area contributed by atoms with E-state index in [0.717, 1.165) is 21.9 Å². The molecule has 1 amide bonds. The van der Waals surface area contributed by atoms with Crippen molar-refractivity contribution in [1.82, 2.24) is 13.9 Å². The average Bonchev–Trinajstić information content (AvgIpc) is 3.08. The summed E-state index contributed by atoms with van der Waals surface area (Å²) in [6.45, 7) is 2.69. The molecule has 1 heterocycles. The fourth-order valence-corrected chi connectivity index (χ4v) is 4.61. The number of imidazole rings is 1. The number of rotatable bonds is 8. The number of nitrogens with zero attached hydrogens (tertiary/aromatic N) is 3. The summed E-state index contributed by atoms with van der Waals surface area (Å²) in [5.74, 6) is 0.679. The summed E-state index contributed by atoms with van der Waals surface area (Å²) in [4.78, 5) is 18.3. The second-order valence-corrected chi connectivity index (χ2v) is 10.0. The minimum Gasteiger partial charge on any atom is -0.328 e. The summed E-state index contributed by atoms with van der Waals surface area (Å²) in [7, 11) is -0.520. The zero-order chi connectivity index (χ0) is 21.9. The van der Waals surface area contributed by atoms with Crippen molar-refractivity contribution in [3.8, 4) is 0 Å². The first-order chi connectivity index (χ1) is 14.3. The van der Waals surface area contributed by atoms with E-state index in [9.17, 15) is 13.2 Å². The van der Waals surface area contributed by atoms with Gasteiger partial charge in [0.05, 0.1) is 15.9 Å². The lowest BCUT2D eigenvalue weighted by Gasteiger charge is -2.11. The third-order valence-electron chi connectivity index (χ3n) is 4.82. The highest BCUT2D eigenvalue weighted by Crippen LogP contribution is 2.23. The van der Waals surface area contributed by atoms with Crippen LogP contribution in [0.4, 0.5) is 5.69 Å². The number of carbonyl (C=O) groups excluding carboxylic acids is 1. The van der Waals surface area contributed by atoms with Crippen LogP contribution in [0, 0.1) is 0 Å². The van der Waals surface area contributed by atoms with Gasteiger partial charge in [-0.1, -0.05) is 6.07 Å². The van der Waals surface area contributed by atoms with E-state index < -0.39 is 10.0 Å². The van der Waals surface area contributed by atoms with Gasteiger partial charge in [-0.15, -0.1) is 11.8 Å². The minimum absolute atomic E-state index is 0.0844. The lowest BCUT2D eigenvalue weighted by Crippen LogP contribution is -2.22. The van der Waals surface area contributed by atoms with Crippen LogP contribution in [-0.4, -0.2) is 48.5 Å². The summed E-state index contributed by atoms with van der Waals surface area (Å²) in [5, 5.41) is 2.93. The molecule has 0 fully saturated rings. The monoisotopic (exact) mass is 446 g/mol. The highest BCUT2D eigenvalue weighted by molar-refractivity contribution is 7.98. The summed E-state index contributed by atoms with van der Waals surface area (Å²) in [6.07, 6.45) is 2.74. The first-order valence-electron chi connectivity index (χ1n) is 9.62. The van der Waals surface area contributed by atoms with Gasteiger partial charge in [0, 0.05) is 44.1 Å². The van der Waals surface area contributed by atoms with Crippen LogP contribution in [0.2, 0.25) is 0 Å². The molecule has 0 atom stereocenters. The summed E-state index contributed by atoms with van der Waals surface area (Å²) < 4.78 is 28.0. The summed E-state index contributed by atoms with van der Waals surface area (Å²) in [5.41, 5.74) is 2.25. The molecule has 0 spiro atoms. The molecule has 30 heavy (non-hydrogen) atoms. The Bertz CT molecular complexity index is 1170. The average molecular weight is 447 g/mol. The van der Waals surface area contributed by atoms with Crippen molar-refractivity contribution in [3.05, 3.63) is 48.3 Å². The number of aryl methyl sites for hydroxylation is 2. The number of nitrogens with one attached hydrogen (secondary N) is 1. The molecule has 0 radical (unpaired) electrons. The summed E-state index contributed by atoms with van der Waals surface area (Å²) in [6, 6.07) is 12.7. The molecule has 3 aromatic rings. The van der Waals surface area contributed by atoms with Crippen molar-refractivity contribution in [1.29, 1.82) is 0 Å². The second kappa shape index (κ2) is 9.20. The molecule has 0 saturated heterocycles. The van der Waals surface area contributed by atoms with Crippen molar-refractivity contribution in [2.75, 3.05) is 25.7 Å².